The number of hydrogen-bond acceptors (Lipinski definition) is 2. The molecule has 0 aromatic heterocycles. The summed E-state index contributed by atoms with van der Waals surface area (Å²) in [5, 5.41) is 3.21. The Hall–Kier alpha value is -0.940. The first-order chi connectivity index (χ1) is 8.09. The molecule has 1 heterocycles. The van der Waals surface area contributed by atoms with E-state index in [1.165, 1.54) is 12.1 Å². The van der Waals surface area contributed by atoms with E-state index in [9.17, 15) is 9.18 Å². The van der Waals surface area contributed by atoms with Crippen molar-refractivity contribution < 1.29 is 9.18 Å². The van der Waals surface area contributed by atoms with Gasteiger partial charge in [0.05, 0.1) is 5.56 Å². The standard InChI is InChI=1S/C12H14BrFN2O/c1-16(9-4-5-15-7-9)12(17)10-6-8(14)2-3-11(10)13/h2-3,6,9,15H,4-5,7H2,1H3. The quantitative estimate of drug-likeness (QED) is 0.906. The van der Waals surface area contributed by atoms with Gasteiger partial charge in [-0.1, -0.05) is 0 Å². The number of carbonyl (C=O) groups is 1. The number of carbonyl (C=O) groups excluding carboxylic acids is 1. The molecule has 1 unspecified atom stereocenters. The van der Waals surface area contributed by atoms with E-state index in [2.05, 4.69) is 21.2 Å². The SMILES string of the molecule is CN(C(=O)c1cc(F)ccc1Br)C1CCNC1. The molecule has 17 heavy (non-hydrogen) atoms. The van der Waals surface area contributed by atoms with Gasteiger partial charge in [-0.2, -0.15) is 0 Å². The zero-order valence-electron chi connectivity index (χ0n) is 9.54. The lowest BCUT2D eigenvalue weighted by Crippen LogP contribution is -2.38. The number of benzene rings is 1. The number of nitrogens with one attached hydrogen (secondary N) is 1. The first kappa shape index (κ1) is 12.5. The summed E-state index contributed by atoms with van der Waals surface area (Å²) in [7, 11) is 1.76. The highest BCUT2D eigenvalue weighted by Gasteiger charge is 2.25. The maximum absolute atomic E-state index is 13.1. The fourth-order valence-corrected chi connectivity index (χ4v) is 2.40. The normalized spacial score (nSPS) is 19.4. The molecule has 1 atom stereocenters. The molecule has 1 amide bonds. The summed E-state index contributed by atoms with van der Waals surface area (Å²) in [5.41, 5.74) is 0.374. The summed E-state index contributed by atoms with van der Waals surface area (Å²) in [5.74, 6) is -0.542. The molecule has 1 aromatic rings. The second-order valence-corrected chi connectivity index (χ2v) is 5.04. The van der Waals surface area contributed by atoms with Crippen molar-refractivity contribution in [2.75, 3.05) is 20.1 Å². The van der Waals surface area contributed by atoms with Gasteiger partial charge in [0, 0.05) is 24.1 Å². The summed E-state index contributed by atoms with van der Waals surface area (Å²) in [6.07, 6.45) is 0.940. The molecule has 5 heteroatoms. The van der Waals surface area contributed by atoms with Crippen molar-refractivity contribution in [2.24, 2.45) is 0 Å². The molecule has 2 rings (SSSR count). The van der Waals surface area contributed by atoms with Crippen molar-refractivity contribution in [3.63, 3.8) is 0 Å². The highest BCUT2D eigenvalue weighted by Crippen LogP contribution is 2.21. The molecule has 0 saturated carbocycles. The largest absolute Gasteiger partial charge is 0.337 e. The van der Waals surface area contributed by atoms with E-state index in [4.69, 9.17) is 0 Å². The van der Waals surface area contributed by atoms with Crippen LogP contribution in [0.25, 0.3) is 0 Å². The average molecular weight is 301 g/mol. The molecule has 1 aromatic carbocycles. The molecule has 92 valence electrons. The second kappa shape index (κ2) is 5.14. The van der Waals surface area contributed by atoms with Gasteiger partial charge in [0.1, 0.15) is 5.82 Å². The Morgan fingerprint density at radius 2 is 2.35 bits per heavy atom. The van der Waals surface area contributed by atoms with Crippen LogP contribution in [-0.4, -0.2) is 37.0 Å². The molecular weight excluding hydrogens is 287 g/mol. The van der Waals surface area contributed by atoms with Crippen molar-refractivity contribution in [1.82, 2.24) is 10.2 Å². The first-order valence-electron chi connectivity index (χ1n) is 5.52. The van der Waals surface area contributed by atoms with E-state index in [-0.39, 0.29) is 11.9 Å². The molecule has 0 radical (unpaired) electrons. The summed E-state index contributed by atoms with van der Waals surface area (Å²) in [6, 6.07) is 4.35. The summed E-state index contributed by atoms with van der Waals surface area (Å²) < 4.78 is 13.8. The van der Waals surface area contributed by atoms with E-state index in [1.807, 2.05) is 0 Å². The predicted molar refractivity (Wildman–Crippen MR) is 67.5 cm³/mol. The van der Waals surface area contributed by atoms with Crippen LogP contribution in [0.2, 0.25) is 0 Å². The van der Waals surface area contributed by atoms with E-state index in [0.717, 1.165) is 19.5 Å². The van der Waals surface area contributed by atoms with Crippen LogP contribution < -0.4 is 5.32 Å². The number of hydrogen-bond donors (Lipinski definition) is 1. The fourth-order valence-electron chi connectivity index (χ4n) is 1.99. The monoisotopic (exact) mass is 300 g/mol. The molecule has 0 bridgehead atoms. The molecule has 0 spiro atoms. The van der Waals surface area contributed by atoms with Gasteiger partial charge in [0.2, 0.25) is 0 Å². The molecule has 1 saturated heterocycles. The third-order valence-corrected chi connectivity index (χ3v) is 3.75. The molecule has 3 nitrogen and oxygen atoms in total. The Bertz CT molecular complexity index is 433. The number of amides is 1. The molecule has 1 N–H and O–H groups in total. The summed E-state index contributed by atoms with van der Waals surface area (Å²) >= 11 is 3.28. The fraction of sp³-hybridized carbons (Fsp3) is 0.417. The van der Waals surface area contributed by atoms with Crippen molar-refractivity contribution in [2.45, 2.75) is 12.5 Å². The highest BCUT2D eigenvalue weighted by molar-refractivity contribution is 9.10. The number of halogens is 2. The van der Waals surface area contributed by atoms with E-state index in [1.54, 1.807) is 18.0 Å². The van der Waals surface area contributed by atoms with Crippen LogP contribution in [0.1, 0.15) is 16.8 Å². The van der Waals surface area contributed by atoms with Crippen LogP contribution in [0, 0.1) is 5.82 Å². The average Bonchev–Trinajstić information content (AvgIpc) is 2.84. The zero-order chi connectivity index (χ0) is 12.4. The Morgan fingerprint density at radius 3 is 3.00 bits per heavy atom. The third-order valence-electron chi connectivity index (χ3n) is 3.06. The smallest absolute Gasteiger partial charge is 0.255 e. The lowest BCUT2D eigenvalue weighted by atomic mass is 10.1. The van der Waals surface area contributed by atoms with Gasteiger partial charge >= 0.3 is 0 Å². The minimum atomic E-state index is -0.394. The van der Waals surface area contributed by atoms with Crippen molar-refractivity contribution in [3.8, 4) is 0 Å². The molecule has 1 aliphatic heterocycles. The minimum absolute atomic E-state index is 0.148. The Labute approximate surface area is 108 Å². The van der Waals surface area contributed by atoms with Crippen LogP contribution >= 0.6 is 15.9 Å². The maximum Gasteiger partial charge on any atom is 0.255 e. The van der Waals surface area contributed by atoms with E-state index < -0.39 is 5.82 Å². The molecule has 0 aliphatic carbocycles. The molecule has 1 aliphatic rings. The minimum Gasteiger partial charge on any atom is -0.337 e. The maximum atomic E-state index is 13.1. The van der Waals surface area contributed by atoms with Crippen LogP contribution in [-0.2, 0) is 0 Å². The van der Waals surface area contributed by atoms with Crippen LogP contribution in [0.5, 0.6) is 0 Å². The van der Waals surface area contributed by atoms with Crippen LogP contribution in [0.4, 0.5) is 4.39 Å². The van der Waals surface area contributed by atoms with Crippen molar-refractivity contribution in [3.05, 3.63) is 34.1 Å². The van der Waals surface area contributed by atoms with Gasteiger partial charge < -0.3 is 10.2 Å². The third kappa shape index (κ3) is 2.66. The second-order valence-electron chi connectivity index (χ2n) is 4.19. The number of nitrogens with zero attached hydrogens (tertiary/aromatic N) is 1. The number of likely N-dealkylation sites (N-methyl/N-ethyl adjacent to an activating group) is 1. The van der Waals surface area contributed by atoms with Crippen molar-refractivity contribution in [1.29, 1.82) is 0 Å². The Kier molecular flexibility index (Phi) is 3.79. The molecular formula is C12H14BrFN2O. The van der Waals surface area contributed by atoms with Gasteiger partial charge in [-0.05, 0) is 47.1 Å². The van der Waals surface area contributed by atoms with Gasteiger partial charge in [0.25, 0.3) is 5.91 Å². The first-order valence-corrected chi connectivity index (χ1v) is 6.32. The topological polar surface area (TPSA) is 32.3 Å². The van der Waals surface area contributed by atoms with Crippen LogP contribution in [0.3, 0.4) is 0 Å². The highest BCUT2D eigenvalue weighted by atomic mass is 79.9. The van der Waals surface area contributed by atoms with E-state index >= 15 is 0 Å². The molecule has 1 fully saturated rings. The Balaban J connectivity index is 2.20. The van der Waals surface area contributed by atoms with Gasteiger partial charge in [-0.25, -0.2) is 4.39 Å². The van der Waals surface area contributed by atoms with Gasteiger partial charge in [-0.3, -0.25) is 4.79 Å². The number of rotatable bonds is 2. The van der Waals surface area contributed by atoms with Crippen LogP contribution in [0.15, 0.2) is 22.7 Å². The zero-order valence-corrected chi connectivity index (χ0v) is 11.1. The van der Waals surface area contributed by atoms with Crippen molar-refractivity contribution >= 4 is 21.8 Å². The summed E-state index contributed by atoms with van der Waals surface area (Å²) in [4.78, 5) is 13.9. The van der Waals surface area contributed by atoms with Gasteiger partial charge in [-0.15, -0.1) is 0 Å². The van der Waals surface area contributed by atoms with Gasteiger partial charge in [0.15, 0.2) is 0 Å². The van der Waals surface area contributed by atoms with E-state index in [0.29, 0.717) is 10.0 Å². The lowest BCUT2D eigenvalue weighted by molar-refractivity contribution is 0.0742. The summed E-state index contributed by atoms with van der Waals surface area (Å²) in [6.45, 7) is 1.72. The lowest BCUT2D eigenvalue weighted by Gasteiger charge is -2.24. The predicted octanol–water partition coefficient (Wildman–Crippen LogP) is 2.02. The Morgan fingerprint density at radius 1 is 1.59 bits per heavy atom.